The molecule has 1 aromatic rings. The molecule has 2 heterocycles. The molecule has 1 fully saturated rings. The van der Waals surface area contributed by atoms with Gasteiger partial charge in [0, 0.05) is 24.9 Å². The molecule has 0 saturated carbocycles. The Labute approximate surface area is 144 Å². The van der Waals surface area contributed by atoms with Gasteiger partial charge in [-0.15, -0.1) is 0 Å². The molecule has 0 atom stereocenters. The highest BCUT2D eigenvalue weighted by Crippen LogP contribution is 2.25. The number of likely N-dealkylation sites (tertiary alicyclic amines) is 1. The van der Waals surface area contributed by atoms with E-state index in [-0.39, 0.29) is 18.4 Å². The standard InChI is InChI=1S/C17H23F3N2O3/c1-12(2)15(23)21-7-5-13(6-8-21)16(24)22(11-17(18,19)20)10-14-4-3-9-25-14/h3-4,9,12-13H,5-8,10-11H2,1-2H3. The number of amides is 2. The SMILES string of the molecule is CC(C)C(=O)N1CCC(C(=O)N(Cc2ccco2)CC(F)(F)F)CC1. The first-order valence-electron chi connectivity index (χ1n) is 8.34. The fourth-order valence-electron chi connectivity index (χ4n) is 2.99. The Hall–Kier alpha value is -1.99. The molecule has 25 heavy (non-hydrogen) atoms. The summed E-state index contributed by atoms with van der Waals surface area (Å²) >= 11 is 0. The van der Waals surface area contributed by atoms with Crippen LogP contribution in [0, 0.1) is 11.8 Å². The maximum Gasteiger partial charge on any atom is 0.406 e. The van der Waals surface area contributed by atoms with E-state index < -0.39 is 24.5 Å². The number of alkyl halides is 3. The van der Waals surface area contributed by atoms with Crippen molar-refractivity contribution in [2.45, 2.75) is 39.4 Å². The maximum absolute atomic E-state index is 12.8. The summed E-state index contributed by atoms with van der Waals surface area (Å²) in [6.45, 7) is 2.87. The lowest BCUT2D eigenvalue weighted by atomic mass is 9.94. The lowest BCUT2D eigenvalue weighted by Gasteiger charge is -2.35. The Morgan fingerprint density at radius 2 is 1.96 bits per heavy atom. The lowest BCUT2D eigenvalue weighted by Crippen LogP contribution is -2.47. The van der Waals surface area contributed by atoms with Gasteiger partial charge >= 0.3 is 6.18 Å². The van der Waals surface area contributed by atoms with Crippen LogP contribution in [0.3, 0.4) is 0 Å². The zero-order valence-electron chi connectivity index (χ0n) is 14.4. The van der Waals surface area contributed by atoms with Crippen molar-refractivity contribution >= 4 is 11.8 Å². The van der Waals surface area contributed by atoms with E-state index in [1.165, 1.54) is 6.26 Å². The third kappa shape index (κ3) is 5.51. The zero-order chi connectivity index (χ0) is 18.6. The van der Waals surface area contributed by atoms with E-state index in [0.717, 1.165) is 4.90 Å². The van der Waals surface area contributed by atoms with Crippen LogP contribution in [0.4, 0.5) is 13.2 Å². The summed E-state index contributed by atoms with van der Waals surface area (Å²) in [7, 11) is 0. The quantitative estimate of drug-likeness (QED) is 0.811. The van der Waals surface area contributed by atoms with E-state index in [1.54, 1.807) is 30.9 Å². The van der Waals surface area contributed by atoms with Crippen molar-refractivity contribution in [3.05, 3.63) is 24.2 Å². The number of halogens is 3. The summed E-state index contributed by atoms with van der Waals surface area (Å²) < 4.78 is 43.6. The largest absolute Gasteiger partial charge is 0.467 e. The number of nitrogens with zero attached hydrogens (tertiary/aromatic N) is 2. The Balaban J connectivity index is 2.00. The van der Waals surface area contributed by atoms with E-state index >= 15 is 0 Å². The van der Waals surface area contributed by atoms with Crippen molar-refractivity contribution in [2.24, 2.45) is 11.8 Å². The summed E-state index contributed by atoms with van der Waals surface area (Å²) in [4.78, 5) is 27.0. The topological polar surface area (TPSA) is 53.8 Å². The average molecular weight is 360 g/mol. The molecular formula is C17H23F3N2O3. The summed E-state index contributed by atoms with van der Waals surface area (Å²) in [5.74, 6) is -0.856. The monoisotopic (exact) mass is 360 g/mol. The molecular weight excluding hydrogens is 337 g/mol. The molecule has 0 unspecified atom stereocenters. The van der Waals surface area contributed by atoms with Crippen molar-refractivity contribution < 1.29 is 27.2 Å². The van der Waals surface area contributed by atoms with E-state index in [0.29, 0.717) is 31.7 Å². The molecule has 0 spiro atoms. The molecule has 2 rings (SSSR count). The van der Waals surface area contributed by atoms with E-state index in [1.807, 2.05) is 0 Å². The second kappa shape index (κ2) is 7.93. The molecule has 1 saturated heterocycles. The van der Waals surface area contributed by atoms with Crippen molar-refractivity contribution in [1.29, 1.82) is 0 Å². The first kappa shape index (κ1) is 19.3. The molecule has 1 aromatic heterocycles. The molecule has 0 aliphatic carbocycles. The fourth-order valence-corrected chi connectivity index (χ4v) is 2.99. The maximum atomic E-state index is 12.8. The van der Waals surface area contributed by atoms with Gasteiger partial charge in [0.25, 0.3) is 0 Å². The van der Waals surface area contributed by atoms with Crippen molar-refractivity contribution in [1.82, 2.24) is 9.80 Å². The summed E-state index contributed by atoms with van der Waals surface area (Å²) in [5, 5.41) is 0. The molecule has 5 nitrogen and oxygen atoms in total. The van der Waals surface area contributed by atoms with Gasteiger partial charge in [0.05, 0.1) is 12.8 Å². The van der Waals surface area contributed by atoms with Crippen LogP contribution in [0.2, 0.25) is 0 Å². The van der Waals surface area contributed by atoms with Crippen LogP contribution >= 0.6 is 0 Å². The van der Waals surface area contributed by atoms with Gasteiger partial charge in [0.1, 0.15) is 12.3 Å². The van der Waals surface area contributed by atoms with Gasteiger partial charge in [0.2, 0.25) is 11.8 Å². The van der Waals surface area contributed by atoms with Crippen molar-refractivity contribution in [2.75, 3.05) is 19.6 Å². The number of hydrogen-bond acceptors (Lipinski definition) is 3. The smallest absolute Gasteiger partial charge is 0.406 e. The first-order valence-corrected chi connectivity index (χ1v) is 8.34. The van der Waals surface area contributed by atoms with Gasteiger partial charge in [-0.3, -0.25) is 9.59 Å². The van der Waals surface area contributed by atoms with E-state index in [9.17, 15) is 22.8 Å². The average Bonchev–Trinajstić information content (AvgIpc) is 3.04. The van der Waals surface area contributed by atoms with E-state index in [2.05, 4.69) is 0 Å². The fraction of sp³-hybridized carbons (Fsp3) is 0.647. The summed E-state index contributed by atoms with van der Waals surface area (Å²) in [6.07, 6.45) is -2.36. The lowest BCUT2D eigenvalue weighted by molar-refractivity contribution is -0.166. The van der Waals surface area contributed by atoms with Gasteiger partial charge in [0.15, 0.2) is 0 Å². The first-order chi connectivity index (χ1) is 11.7. The third-order valence-corrected chi connectivity index (χ3v) is 4.26. The number of carbonyl (C=O) groups excluding carboxylic acids is 2. The minimum absolute atomic E-state index is 0.00799. The molecule has 140 valence electrons. The van der Waals surface area contributed by atoms with Crippen LogP contribution in [0.5, 0.6) is 0 Å². The summed E-state index contributed by atoms with van der Waals surface area (Å²) in [6, 6.07) is 3.11. The number of carbonyl (C=O) groups is 2. The Morgan fingerprint density at radius 1 is 1.32 bits per heavy atom. The van der Waals surface area contributed by atoms with Gasteiger partial charge < -0.3 is 14.2 Å². The second-order valence-corrected chi connectivity index (χ2v) is 6.64. The van der Waals surface area contributed by atoms with Crippen molar-refractivity contribution in [3.8, 4) is 0 Å². The van der Waals surface area contributed by atoms with Crippen LogP contribution in [0.1, 0.15) is 32.4 Å². The molecule has 0 radical (unpaired) electrons. The highest BCUT2D eigenvalue weighted by atomic mass is 19.4. The van der Waals surface area contributed by atoms with Gasteiger partial charge in [-0.25, -0.2) is 0 Å². The van der Waals surface area contributed by atoms with Crippen LogP contribution < -0.4 is 0 Å². The summed E-state index contributed by atoms with van der Waals surface area (Å²) in [5.41, 5.74) is 0. The van der Waals surface area contributed by atoms with E-state index in [4.69, 9.17) is 4.42 Å². The Kier molecular flexibility index (Phi) is 6.13. The predicted octanol–water partition coefficient (Wildman–Crippen LogP) is 3.07. The number of piperidine rings is 1. The van der Waals surface area contributed by atoms with Crippen LogP contribution in [-0.2, 0) is 16.1 Å². The highest BCUT2D eigenvalue weighted by molar-refractivity contribution is 5.81. The third-order valence-electron chi connectivity index (χ3n) is 4.26. The van der Waals surface area contributed by atoms with Crippen molar-refractivity contribution in [3.63, 3.8) is 0 Å². The minimum Gasteiger partial charge on any atom is -0.467 e. The highest BCUT2D eigenvalue weighted by Gasteiger charge is 2.37. The molecule has 0 bridgehead atoms. The Morgan fingerprint density at radius 3 is 2.44 bits per heavy atom. The number of hydrogen-bond donors (Lipinski definition) is 0. The van der Waals surface area contributed by atoms with Gasteiger partial charge in [-0.2, -0.15) is 13.2 Å². The normalized spacial score (nSPS) is 16.3. The van der Waals surface area contributed by atoms with Gasteiger partial charge in [-0.1, -0.05) is 13.8 Å². The molecule has 8 heteroatoms. The zero-order valence-corrected chi connectivity index (χ0v) is 14.4. The molecule has 0 aromatic carbocycles. The predicted molar refractivity (Wildman–Crippen MR) is 84.3 cm³/mol. The number of furan rings is 1. The molecule has 0 N–H and O–H groups in total. The Bertz CT molecular complexity index is 576. The minimum atomic E-state index is -4.48. The van der Waals surface area contributed by atoms with Crippen LogP contribution in [0.25, 0.3) is 0 Å². The van der Waals surface area contributed by atoms with Gasteiger partial charge in [-0.05, 0) is 25.0 Å². The molecule has 2 amide bonds. The van der Waals surface area contributed by atoms with Crippen LogP contribution in [-0.4, -0.2) is 47.4 Å². The molecule has 1 aliphatic heterocycles. The second-order valence-electron chi connectivity index (χ2n) is 6.64. The number of rotatable bonds is 5. The molecule has 1 aliphatic rings. The van der Waals surface area contributed by atoms with Crippen LogP contribution in [0.15, 0.2) is 22.8 Å².